The van der Waals surface area contributed by atoms with Crippen LogP contribution in [0.15, 0.2) is 0 Å². The molecule has 1 aliphatic heterocycles. The maximum Gasteiger partial charge on any atom is 0.305 e. The highest BCUT2D eigenvalue weighted by Gasteiger charge is 2.26. The SMILES string of the molecule is CCC(CC(=O)O)n1nnnc1C1CCCCS1. The van der Waals surface area contributed by atoms with Gasteiger partial charge < -0.3 is 5.11 Å². The fourth-order valence-corrected chi connectivity index (χ4v) is 3.52. The molecular weight excluding hydrogens is 252 g/mol. The van der Waals surface area contributed by atoms with Gasteiger partial charge in [-0.25, -0.2) is 4.68 Å². The maximum atomic E-state index is 10.9. The molecule has 1 fully saturated rings. The highest BCUT2D eigenvalue weighted by Crippen LogP contribution is 2.38. The molecule has 100 valence electrons. The summed E-state index contributed by atoms with van der Waals surface area (Å²) in [4.78, 5) is 10.9. The number of hydrogen-bond acceptors (Lipinski definition) is 5. The number of hydrogen-bond donors (Lipinski definition) is 1. The molecule has 18 heavy (non-hydrogen) atoms. The van der Waals surface area contributed by atoms with Gasteiger partial charge in [0.25, 0.3) is 0 Å². The minimum absolute atomic E-state index is 0.0753. The molecular formula is C11H18N4O2S. The average Bonchev–Trinajstić information content (AvgIpc) is 2.86. The summed E-state index contributed by atoms with van der Waals surface area (Å²) in [6, 6.07) is -0.143. The fraction of sp³-hybridized carbons (Fsp3) is 0.818. The molecule has 0 amide bonds. The number of tetrazole rings is 1. The summed E-state index contributed by atoms with van der Waals surface area (Å²) in [5, 5.41) is 21.1. The van der Waals surface area contributed by atoms with Crippen molar-refractivity contribution in [3.63, 3.8) is 0 Å². The summed E-state index contributed by atoms with van der Waals surface area (Å²) >= 11 is 1.87. The summed E-state index contributed by atoms with van der Waals surface area (Å²) in [5.41, 5.74) is 0. The Hall–Kier alpha value is -1.11. The first kappa shape index (κ1) is 13.3. The Kier molecular flexibility index (Phi) is 4.57. The van der Waals surface area contributed by atoms with Crippen molar-refractivity contribution in [2.24, 2.45) is 0 Å². The molecule has 1 N–H and O–H groups in total. The molecule has 0 radical (unpaired) electrons. The van der Waals surface area contributed by atoms with Gasteiger partial charge in [-0.15, -0.1) is 5.10 Å². The Morgan fingerprint density at radius 1 is 1.61 bits per heavy atom. The Balaban J connectivity index is 2.16. The van der Waals surface area contributed by atoms with E-state index in [1.165, 1.54) is 12.8 Å². The number of aromatic nitrogens is 4. The zero-order valence-electron chi connectivity index (χ0n) is 10.4. The van der Waals surface area contributed by atoms with E-state index in [2.05, 4.69) is 15.5 Å². The van der Waals surface area contributed by atoms with E-state index in [0.717, 1.165) is 24.4 Å². The van der Waals surface area contributed by atoms with Crippen LogP contribution in [0.4, 0.5) is 0 Å². The summed E-state index contributed by atoms with van der Waals surface area (Å²) in [5.74, 6) is 1.17. The second kappa shape index (κ2) is 6.17. The lowest BCUT2D eigenvalue weighted by molar-refractivity contribution is -0.138. The number of carbonyl (C=O) groups is 1. The van der Waals surface area contributed by atoms with Crippen LogP contribution in [-0.4, -0.2) is 37.0 Å². The quantitative estimate of drug-likeness (QED) is 0.882. The monoisotopic (exact) mass is 270 g/mol. The summed E-state index contributed by atoms with van der Waals surface area (Å²) in [7, 11) is 0. The summed E-state index contributed by atoms with van der Waals surface area (Å²) in [6.07, 6.45) is 4.32. The molecule has 1 aromatic heterocycles. The van der Waals surface area contributed by atoms with Crippen molar-refractivity contribution in [1.29, 1.82) is 0 Å². The lowest BCUT2D eigenvalue weighted by Gasteiger charge is -2.22. The molecule has 0 spiro atoms. The van der Waals surface area contributed by atoms with Gasteiger partial charge in [0.1, 0.15) is 0 Å². The Bertz CT molecular complexity index is 404. The van der Waals surface area contributed by atoms with E-state index in [-0.39, 0.29) is 12.5 Å². The van der Waals surface area contributed by atoms with Crippen LogP contribution < -0.4 is 0 Å². The van der Waals surface area contributed by atoms with E-state index in [4.69, 9.17) is 5.11 Å². The molecule has 7 heteroatoms. The number of thioether (sulfide) groups is 1. The van der Waals surface area contributed by atoms with Crippen molar-refractivity contribution in [1.82, 2.24) is 20.2 Å². The molecule has 2 atom stereocenters. The van der Waals surface area contributed by atoms with Crippen molar-refractivity contribution in [2.45, 2.75) is 50.3 Å². The van der Waals surface area contributed by atoms with Crippen molar-refractivity contribution in [3.8, 4) is 0 Å². The number of carboxylic acids is 1. The van der Waals surface area contributed by atoms with Gasteiger partial charge in [0.2, 0.25) is 0 Å². The highest BCUT2D eigenvalue weighted by molar-refractivity contribution is 7.99. The van der Waals surface area contributed by atoms with Gasteiger partial charge in [-0.2, -0.15) is 11.8 Å². The van der Waals surface area contributed by atoms with Crippen LogP contribution in [0.1, 0.15) is 56.1 Å². The predicted molar refractivity (Wildman–Crippen MR) is 68.4 cm³/mol. The summed E-state index contributed by atoms with van der Waals surface area (Å²) < 4.78 is 1.72. The van der Waals surface area contributed by atoms with Crippen LogP contribution in [0, 0.1) is 0 Å². The van der Waals surface area contributed by atoms with Crippen LogP contribution in [0.5, 0.6) is 0 Å². The third-order valence-corrected chi connectivity index (χ3v) is 4.59. The molecule has 2 rings (SSSR count). The number of aliphatic carboxylic acids is 1. The van der Waals surface area contributed by atoms with Crippen molar-refractivity contribution < 1.29 is 9.90 Å². The molecule has 1 aromatic rings. The fourth-order valence-electron chi connectivity index (χ4n) is 2.22. The van der Waals surface area contributed by atoms with Crippen LogP contribution in [-0.2, 0) is 4.79 Å². The molecule has 6 nitrogen and oxygen atoms in total. The van der Waals surface area contributed by atoms with E-state index in [9.17, 15) is 4.79 Å². The molecule has 0 bridgehead atoms. The molecule has 2 unspecified atom stereocenters. The first-order valence-electron chi connectivity index (χ1n) is 6.33. The molecule has 0 aromatic carbocycles. The Morgan fingerprint density at radius 3 is 3.06 bits per heavy atom. The number of carboxylic acid groups (broad SMARTS) is 1. The minimum Gasteiger partial charge on any atom is -0.481 e. The van der Waals surface area contributed by atoms with Crippen LogP contribution in [0.2, 0.25) is 0 Å². The topological polar surface area (TPSA) is 80.9 Å². The van der Waals surface area contributed by atoms with Crippen molar-refractivity contribution >= 4 is 17.7 Å². The molecule has 1 saturated heterocycles. The standard InChI is InChI=1S/C11H18N4O2S/c1-2-8(7-10(16)17)15-11(12-13-14-15)9-5-3-4-6-18-9/h8-9H,2-7H2,1H3,(H,16,17). The second-order valence-corrected chi connectivity index (χ2v) is 5.81. The first-order chi connectivity index (χ1) is 8.72. The van der Waals surface area contributed by atoms with Crippen LogP contribution in [0.25, 0.3) is 0 Å². The van der Waals surface area contributed by atoms with E-state index in [1.807, 2.05) is 18.7 Å². The van der Waals surface area contributed by atoms with E-state index >= 15 is 0 Å². The second-order valence-electron chi connectivity index (χ2n) is 4.50. The largest absolute Gasteiger partial charge is 0.481 e. The lowest BCUT2D eigenvalue weighted by atomic mass is 10.1. The number of rotatable bonds is 5. The Labute approximate surface area is 110 Å². The van der Waals surface area contributed by atoms with Crippen molar-refractivity contribution in [3.05, 3.63) is 5.82 Å². The molecule has 0 aliphatic carbocycles. The van der Waals surface area contributed by atoms with E-state index in [1.54, 1.807) is 4.68 Å². The molecule has 1 aliphatic rings. The van der Waals surface area contributed by atoms with Gasteiger partial charge in [0.05, 0.1) is 17.7 Å². The first-order valence-corrected chi connectivity index (χ1v) is 7.38. The third-order valence-electron chi connectivity index (χ3n) is 3.21. The van der Waals surface area contributed by atoms with Gasteiger partial charge in [-0.3, -0.25) is 4.79 Å². The third kappa shape index (κ3) is 3.01. The predicted octanol–water partition coefficient (Wildman–Crippen LogP) is 2.06. The average molecular weight is 270 g/mol. The molecule has 2 heterocycles. The maximum absolute atomic E-state index is 10.9. The van der Waals surface area contributed by atoms with Gasteiger partial charge in [-0.05, 0) is 35.4 Å². The van der Waals surface area contributed by atoms with Gasteiger partial charge in [0.15, 0.2) is 5.82 Å². The number of nitrogens with zero attached hydrogens (tertiary/aromatic N) is 4. The normalized spacial score (nSPS) is 21.7. The van der Waals surface area contributed by atoms with Gasteiger partial charge in [0, 0.05) is 0 Å². The van der Waals surface area contributed by atoms with E-state index in [0.29, 0.717) is 5.25 Å². The zero-order valence-corrected chi connectivity index (χ0v) is 11.3. The van der Waals surface area contributed by atoms with Crippen LogP contribution >= 0.6 is 11.8 Å². The van der Waals surface area contributed by atoms with Gasteiger partial charge in [-0.1, -0.05) is 13.3 Å². The summed E-state index contributed by atoms with van der Waals surface area (Å²) in [6.45, 7) is 1.97. The lowest BCUT2D eigenvalue weighted by Crippen LogP contribution is -2.19. The zero-order chi connectivity index (χ0) is 13.0. The minimum atomic E-state index is -0.806. The highest BCUT2D eigenvalue weighted by atomic mass is 32.2. The smallest absolute Gasteiger partial charge is 0.305 e. The van der Waals surface area contributed by atoms with Crippen molar-refractivity contribution in [2.75, 3.05) is 5.75 Å². The van der Waals surface area contributed by atoms with Gasteiger partial charge >= 0.3 is 5.97 Å². The Morgan fingerprint density at radius 2 is 2.44 bits per heavy atom. The van der Waals surface area contributed by atoms with Crippen LogP contribution in [0.3, 0.4) is 0 Å². The van der Waals surface area contributed by atoms with E-state index < -0.39 is 5.97 Å². The molecule has 0 saturated carbocycles.